The molecule has 0 radical (unpaired) electrons. The van der Waals surface area contributed by atoms with Crippen LogP contribution in [0.5, 0.6) is 0 Å². The number of hydrogen-bond acceptors (Lipinski definition) is 2. The van der Waals surface area contributed by atoms with E-state index in [0.717, 1.165) is 25.7 Å². The minimum atomic E-state index is 0.0571. The SMILES string of the molecule is CC(=O)NC1CCc2ccccc21.CC(=O)N[C@@H]1CCc2ccccc21. The van der Waals surface area contributed by atoms with Gasteiger partial charge in [-0.05, 0) is 47.9 Å². The van der Waals surface area contributed by atoms with E-state index in [4.69, 9.17) is 0 Å². The average Bonchev–Trinajstić information content (AvgIpc) is 3.20. The van der Waals surface area contributed by atoms with Gasteiger partial charge in [0.25, 0.3) is 0 Å². The fraction of sp³-hybridized carbons (Fsp3) is 0.364. The lowest BCUT2D eigenvalue weighted by atomic mass is 10.1. The molecule has 0 spiro atoms. The number of hydrogen-bond donors (Lipinski definition) is 2. The maximum Gasteiger partial charge on any atom is 0.217 e. The summed E-state index contributed by atoms with van der Waals surface area (Å²) in [4.78, 5) is 21.8. The second kappa shape index (κ2) is 8.17. The van der Waals surface area contributed by atoms with Crippen LogP contribution in [0.3, 0.4) is 0 Å². The lowest BCUT2D eigenvalue weighted by Crippen LogP contribution is -2.24. The normalized spacial score (nSPS) is 19.6. The summed E-state index contributed by atoms with van der Waals surface area (Å²) in [6, 6.07) is 17.1. The summed E-state index contributed by atoms with van der Waals surface area (Å²) in [6.07, 6.45) is 4.25. The van der Waals surface area contributed by atoms with Crippen LogP contribution in [0, 0.1) is 0 Å². The maximum absolute atomic E-state index is 10.9. The van der Waals surface area contributed by atoms with Gasteiger partial charge >= 0.3 is 0 Å². The molecule has 0 saturated carbocycles. The summed E-state index contributed by atoms with van der Waals surface area (Å²) < 4.78 is 0. The van der Waals surface area contributed by atoms with Crippen molar-refractivity contribution >= 4 is 11.8 Å². The van der Waals surface area contributed by atoms with Gasteiger partial charge in [-0.2, -0.15) is 0 Å². The summed E-state index contributed by atoms with van der Waals surface area (Å²) >= 11 is 0. The monoisotopic (exact) mass is 350 g/mol. The van der Waals surface area contributed by atoms with E-state index in [1.165, 1.54) is 22.3 Å². The van der Waals surface area contributed by atoms with Crippen molar-refractivity contribution < 1.29 is 9.59 Å². The number of aryl methyl sites for hydroxylation is 2. The molecule has 2 aromatic carbocycles. The van der Waals surface area contributed by atoms with Crippen molar-refractivity contribution in [3.63, 3.8) is 0 Å². The van der Waals surface area contributed by atoms with Gasteiger partial charge in [0, 0.05) is 13.8 Å². The van der Waals surface area contributed by atoms with Crippen LogP contribution in [-0.2, 0) is 22.4 Å². The number of carbonyl (C=O) groups excluding carboxylic acids is 2. The summed E-state index contributed by atoms with van der Waals surface area (Å²) in [5, 5.41) is 5.92. The zero-order valence-corrected chi connectivity index (χ0v) is 15.4. The molecule has 4 rings (SSSR count). The molecule has 0 heterocycles. The summed E-state index contributed by atoms with van der Waals surface area (Å²) in [5.74, 6) is 0.114. The molecule has 26 heavy (non-hydrogen) atoms. The van der Waals surface area contributed by atoms with Crippen LogP contribution < -0.4 is 10.6 Å². The third-order valence-electron chi connectivity index (χ3n) is 5.02. The molecule has 0 bridgehead atoms. The molecule has 0 fully saturated rings. The van der Waals surface area contributed by atoms with Gasteiger partial charge < -0.3 is 10.6 Å². The Morgan fingerprint density at radius 2 is 1.12 bits per heavy atom. The van der Waals surface area contributed by atoms with Crippen LogP contribution in [0.4, 0.5) is 0 Å². The predicted molar refractivity (Wildman–Crippen MR) is 103 cm³/mol. The number of benzene rings is 2. The molecule has 1 unspecified atom stereocenters. The molecule has 136 valence electrons. The topological polar surface area (TPSA) is 58.2 Å². The van der Waals surface area contributed by atoms with E-state index in [0.29, 0.717) is 0 Å². The molecule has 4 nitrogen and oxygen atoms in total. The standard InChI is InChI=1S/2C11H13NO/c2*1-8(13)12-11-7-6-9-4-2-3-5-10(9)11/h2*2-5,11H,6-7H2,1H3,(H,12,13)/t11-;/m1./s1. The number of rotatable bonds is 2. The lowest BCUT2D eigenvalue weighted by Gasteiger charge is -2.11. The molecule has 2 aliphatic carbocycles. The molecule has 4 heteroatoms. The minimum Gasteiger partial charge on any atom is -0.350 e. The van der Waals surface area contributed by atoms with Gasteiger partial charge in [-0.3, -0.25) is 9.59 Å². The van der Waals surface area contributed by atoms with Crippen LogP contribution in [-0.4, -0.2) is 11.8 Å². The van der Waals surface area contributed by atoms with Gasteiger partial charge in [-0.25, -0.2) is 0 Å². The van der Waals surface area contributed by atoms with Crippen LogP contribution in [0.2, 0.25) is 0 Å². The Bertz CT molecular complexity index is 733. The first kappa shape index (κ1) is 18.2. The number of fused-ring (bicyclic) bond motifs is 2. The highest BCUT2D eigenvalue weighted by molar-refractivity contribution is 5.74. The second-order valence-corrected chi connectivity index (χ2v) is 6.98. The summed E-state index contributed by atoms with van der Waals surface area (Å²) in [6.45, 7) is 3.14. The quantitative estimate of drug-likeness (QED) is 0.869. The first-order chi connectivity index (χ1) is 12.5. The number of nitrogens with one attached hydrogen (secondary N) is 2. The van der Waals surface area contributed by atoms with E-state index in [9.17, 15) is 9.59 Å². The fourth-order valence-electron chi connectivity index (χ4n) is 3.90. The maximum atomic E-state index is 10.9. The van der Waals surface area contributed by atoms with Crippen molar-refractivity contribution in [3.8, 4) is 0 Å². The Balaban J connectivity index is 0.000000151. The Labute approximate surface area is 155 Å². The molecule has 2 N–H and O–H groups in total. The molecule has 0 saturated heterocycles. The van der Waals surface area contributed by atoms with E-state index < -0.39 is 0 Å². The molecular weight excluding hydrogens is 324 g/mol. The van der Waals surface area contributed by atoms with Gasteiger partial charge in [0.15, 0.2) is 0 Å². The zero-order valence-electron chi connectivity index (χ0n) is 15.4. The Hall–Kier alpha value is -2.62. The van der Waals surface area contributed by atoms with Crippen LogP contribution in [0.15, 0.2) is 48.5 Å². The van der Waals surface area contributed by atoms with Crippen LogP contribution >= 0.6 is 0 Å². The van der Waals surface area contributed by atoms with E-state index in [-0.39, 0.29) is 23.9 Å². The highest BCUT2D eigenvalue weighted by atomic mass is 16.2. The molecule has 2 aliphatic rings. The Morgan fingerprint density at radius 3 is 1.50 bits per heavy atom. The molecule has 2 amide bonds. The van der Waals surface area contributed by atoms with Gasteiger partial charge in [-0.1, -0.05) is 48.5 Å². The Morgan fingerprint density at radius 1 is 0.731 bits per heavy atom. The van der Waals surface area contributed by atoms with Crippen molar-refractivity contribution in [2.24, 2.45) is 0 Å². The number of amides is 2. The first-order valence-corrected chi connectivity index (χ1v) is 9.24. The molecule has 0 aromatic heterocycles. The molecule has 2 atom stereocenters. The third-order valence-corrected chi connectivity index (χ3v) is 5.02. The van der Waals surface area contributed by atoms with Crippen LogP contribution in [0.25, 0.3) is 0 Å². The van der Waals surface area contributed by atoms with E-state index in [1.807, 2.05) is 12.1 Å². The van der Waals surface area contributed by atoms with Crippen molar-refractivity contribution in [2.75, 3.05) is 0 Å². The first-order valence-electron chi connectivity index (χ1n) is 9.24. The molecular formula is C22H26N2O2. The highest BCUT2D eigenvalue weighted by Crippen LogP contribution is 2.31. The summed E-state index contributed by atoms with van der Waals surface area (Å²) in [7, 11) is 0. The van der Waals surface area contributed by atoms with Crippen molar-refractivity contribution in [3.05, 3.63) is 70.8 Å². The van der Waals surface area contributed by atoms with Gasteiger partial charge in [0.05, 0.1) is 12.1 Å². The van der Waals surface area contributed by atoms with Crippen molar-refractivity contribution in [1.82, 2.24) is 10.6 Å². The average molecular weight is 350 g/mol. The van der Waals surface area contributed by atoms with E-state index in [1.54, 1.807) is 13.8 Å². The van der Waals surface area contributed by atoms with Gasteiger partial charge in [-0.15, -0.1) is 0 Å². The largest absolute Gasteiger partial charge is 0.350 e. The van der Waals surface area contributed by atoms with Crippen molar-refractivity contribution in [1.29, 1.82) is 0 Å². The minimum absolute atomic E-state index is 0.0571. The fourth-order valence-corrected chi connectivity index (χ4v) is 3.90. The number of carbonyl (C=O) groups is 2. The van der Waals surface area contributed by atoms with Crippen LogP contribution in [0.1, 0.15) is 61.0 Å². The van der Waals surface area contributed by atoms with E-state index in [2.05, 4.69) is 47.0 Å². The highest BCUT2D eigenvalue weighted by Gasteiger charge is 2.22. The molecule has 0 aliphatic heterocycles. The predicted octanol–water partition coefficient (Wildman–Crippen LogP) is 3.62. The molecule has 2 aromatic rings. The zero-order chi connectivity index (χ0) is 18.5. The van der Waals surface area contributed by atoms with Crippen molar-refractivity contribution in [2.45, 2.75) is 51.6 Å². The lowest BCUT2D eigenvalue weighted by molar-refractivity contribution is -0.120. The summed E-state index contributed by atoms with van der Waals surface area (Å²) in [5.41, 5.74) is 5.33. The van der Waals surface area contributed by atoms with Gasteiger partial charge in [0.2, 0.25) is 11.8 Å². The Kier molecular flexibility index (Phi) is 5.71. The third kappa shape index (κ3) is 4.31. The van der Waals surface area contributed by atoms with E-state index >= 15 is 0 Å². The second-order valence-electron chi connectivity index (χ2n) is 6.98. The smallest absolute Gasteiger partial charge is 0.217 e. The van der Waals surface area contributed by atoms with Gasteiger partial charge in [0.1, 0.15) is 0 Å².